The summed E-state index contributed by atoms with van der Waals surface area (Å²) in [6.45, 7) is 4.35. The predicted octanol–water partition coefficient (Wildman–Crippen LogP) is 5.79. The van der Waals surface area contributed by atoms with Crippen LogP contribution in [0.1, 0.15) is 22.3 Å². The Hall–Kier alpha value is -2.21. The fraction of sp³-hybridized carbons (Fsp3) is 0.167. The molecule has 8 heteroatoms. The van der Waals surface area contributed by atoms with Crippen molar-refractivity contribution in [3.8, 4) is 5.75 Å². The van der Waals surface area contributed by atoms with E-state index in [1.807, 2.05) is 44.2 Å². The van der Waals surface area contributed by atoms with Crippen LogP contribution in [0.5, 0.6) is 5.75 Å². The normalized spacial score (nSPS) is 10.9. The average Bonchev–Trinajstić information content (AvgIpc) is 2.75. The van der Waals surface area contributed by atoms with Gasteiger partial charge in [0.25, 0.3) is 5.91 Å². The summed E-state index contributed by atoms with van der Waals surface area (Å²) in [6.07, 6.45) is 1.58. The summed E-state index contributed by atoms with van der Waals surface area (Å²) < 4.78 is 21.4. The van der Waals surface area contributed by atoms with Crippen LogP contribution < -0.4 is 15.5 Å². The molecule has 0 atom stereocenters. The van der Waals surface area contributed by atoms with E-state index in [1.165, 1.54) is 17.2 Å². The SMILES string of the molecule is Cc1ccc(NCC(=O)N/N=C\c2cc(I)c(OCc3ccccc3F)c(I)c2)cc1C. The van der Waals surface area contributed by atoms with E-state index in [2.05, 4.69) is 61.0 Å². The predicted molar refractivity (Wildman–Crippen MR) is 143 cm³/mol. The summed E-state index contributed by atoms with van der Waals surface area (Å²) in [7, 11) is 0. The minimum Gasteiger partial charge on any atom is -0.487 e. The maximum absolute atomic E-state index is 13.8. The van der Waals surface area contributed by atoms with Crippen LogP contribution in [-0.4, -0.2) is 18.7 Å². The van der Waals surface area contributed by atoms with Gasteiger partial charge in [-0.2, -0.15) is 5.10 Å². The van der Waals surface area contributed by atoms with Crippen molar-refractivity contribution in [2.75, 3.05) is 11.9 Å². The number of benzene rings is 3. The molecule has 0 bridgehead atoms. The Labute approximate surface area is 214 Å². The number of amides is 1. The van der Waals surface area contributed by atoms with Gasteiger partial charge in [-0.1, -0.05) is 24.3 Å². The molecule has 166 valence electrons. The fourth-order valence-electron chi connectivity index (χ4n) is 2.81. The smallest absolute Gasteiger partial charge is 0.259 e. The lowest BCUT2D eigenvalue weighted by molar-refractivity contribution is -0.119. The average molecular weight is 657 g/mol. The Kier molecular flexibility index (Phi) is 8.85. The van der Waals surface area contributed by atoms with Gasteiger partial charge in [0, 0.05) is 11.3 Å². The van der Waals surface area contributed by atoms with Gasteiger partial charge in [-0.15, -0.1) is 0 Å². The number of hydrazone groups is 1. The Morgan fingerprint density at radius 1 is 1.06 bits per heavy atom. The number of carbonyl (C=O) groups excluding carboxylic acids is 1. The van der Waals surface area contributed by atoms with E-state index in [0.29, 0.717) is 11.3 Å². The Morgan fingerprint density at radius 2 is 1.78 bits per heavy atom. The van der Waals surface area contributed by atoms with Gasteiger partial charge in [-0.3, -0.25) is 4.79 Å². The van der Waals surface area contributed by atoms with E-state index < -0.39 is 0 Å². The largest absolute Gasteiger partial charge is 0.487 e. The van der Waals surface area contributed by atoms with Gasteiger partial charge >= 0.3 is 0 Å². The number of aryl methyl sites for hydroxylation is 2. The highest BCUT2D eigenvalue weighted by Crippen LogP contribution is 2.29. The molecule has 0 unspecified atom stereocenters. The fourth-order valence-corrected chi connectivity index (χ4v) is 4.94. The van der Waals surface area contributed by atoms with E-state index in [-0.39, 0.29) is 24.9 Å². The zero-order chi connectivity index (χ0) is 23.1. The molecular weight excluding hydrogens is 635 g/mol. The lowest BCUT2D eigenvalue weighted by atomic mass is 10.1. The van der Waals surface area contributed by atoms with Gasteiger partial charge in [0.1, 0.15) is 18.2 Å². The molecule has 3 aromatic carbocycles. The van der Waals surface area contributed by atoms with Crippen LogP contribution in [-0.2, 0) is 11.4 Å². The molecule has 0 fully saturated rings. The quantitative estimate of drug-likeness (QED) is 0.183. The second-order valence-electron chi connectivity index (χ2n) is 7.14. The molecule has 3 aromatic rings. The number of halogens is 3. The molecule has 0 aliphatic heterocycles. The van der Waals surface area contributed by atoms with E-state index in [1.54, 1.807) is 24.4 Å². The van der Waals surface area contributed by atoms with Gasteiger partial charge in [0.15, 0.2) is 0 Å². The number of hydrogen-bond donors (Lipinski definition) is 2. The van der Waals surface area contributed by atoms with Gasteiger partial charge < -0.3 is 10.1 Å². The van der Waals surface area contributed by atoms with Crippen LogP contribution in [0.15, 0.2) is 59.7 Å². The summed E-state index contributed by atoms with van der Waals surface area (Å²) in [5.74, 6) is 0.158. The number of nitrogens with one attached hydrogen (secondary N) is 2. The van der Waals surface area contributed by atoms with Gasteiger partial charge in [0.2, 0.25) is 0 Å². The first-order valence-corrected chi connectivity index (χ1v) is 12.0. The van der Waals surface area contributed by atoms with Crippen molar-refractivity contribution in [2.45, 2.75) is 20.5 Å². The summed E-state index contributed by atoms with van der Waals surface area (Å²) in [5.41, 5.74) is 7.11. The van der Waals surface area contributed by atoms with Crippen molar-refractivity contribution < 1.29 is 13.9 Å². The summed E-state index contributed by atoms with van der Waals surface area (Å²) in [5, 5.41) is 7.13. The first kappa shape index (κ1) is 24.4. The minimum atomic E-state index is -0.288. The van der Waals surface area contributed by atoms with Crippen LogP contribution in [0.25, 0.3) is 0 Å². The third-order valence-corrected chi connectivity index (χ3v) is 6.32. The number of carbonyl (C=O) groups is 1. The topological polar surface area (TPSA) is 62.7 Å². The molecule has 0 saturated heterocycles. The number of anilines is 1. The Balaban J connectivity index is 1.54. The molecule has 0 saturated carbocycles. The van der Waals surface area contributed by atoms with Gasteiger partial charge in [-0.05, 0) is 106 Å². The van der Waals surface area contributed by atoms with Crippen molar-refractivity contribution in [3.05, 3.63) is 89.8 Å². The van der Waals surface area contributed by atoms with Crippen LogP contribution in [0, 0.1) is 26.8 Å². The third kappa shape index (κ3) is 6.89. The number of hydrogen-bond acceptors (Lipinski definition) is 4. The lowest BCUT2D eigenvalue weighted by Gasteiger charge is -2.12. The molecule has 0 aromatic heterocycles. The minimum absolute atomic E-state index is 0.123. The first-order chi connectivity index (χ1) is 15.3. The molecule has 32 heavy (non-hydrogen) atoms. The second kappa shape index (κ2) is 11.6. The molecule has 0 radical (unpaired) electrons. The first-order valence-electron chi connectivity index (χ1n) is 9.82. The molecular formula is C24H22FI2N3O2. The maximum Gasteiger partial charge on any atom is 0.259 e. The molecule has 0 aliphatic rings. The Morgan fingerprint density at radius 3 is 2.47 bits per heavy atom. The maximum atomic E-state index is 13.8. The van der Waals surface area contributed by atoms with Crippen molar-refractivity contribution in [2.24, 2.45) is 5.10 Å². The van der Waals surface area contributed by atoms with E-state index in [0.717, 1.165) is 18.4 Å². The zero-order valence-electron chi connectivity index (χ0n) is 17.6. The van der Waals surface area contributed by atoms with Crippen LogP contribution in [0.2, 0.25) is 0 Å². The summed E-state index contributed by atoms with van der Waals surface area (Å²) in [4.78, 5) is 12.1. The van der Waals surface area contributed by atoms with Crippen molar-refractivity contribution in [3.63, 3.8) is 0 Å². The standard InChI is InChI=1S/C24H22FI2N3O2/c1-15-7-8-19(9-16(15)2)28-13-23(31)30-29-12-17-10-21(26)24(22(27)11-17)32-14-18-5-3-4-6-20(18)25/h3-12,28H,13-14H2,1-2H3,(H,30,31)/b29-12-. The van der Waals surface area contributed by atoms with E-state index in [9.17, 15) is 9.18 Å². The van der Waals surface area contributed by atoms with E-state index in [4.69, 9.17) is 4.74 Å². The highest BCUT2D eigenvalue weighted by atomic mass is 127. The summed E-state index contributed by atoms with van der Waals surface area (Å²) >= 11 is 4.34. The molecule has 3 rings (SSSR count). The third-order valence-electron chi connectivity index (χ3n) is 4.71. The molecule has 1 amide bonds. The van der Waals surface area contributed by atoms with Crippen LogP contribution in [0.4, 0.5) is 10.1 Å². The molecule has 2 N–H and O–H groups in total. The second-order valence-corrected chi connectivity index (χ2v) is 9.46. The summed E-state index contributed by atoms with van der Waals surface area (Å²) in [6, 6.07) is 16.3. The zero-order valence-corrected chi connectivity index (χ0v) is 21.9. The molecule has 0 spiro atoms. The highest BCUT2D eigenvalue weighted by molar-refractivity contribution is 14.1. The number of nitrogens with zero attached hydrogens (tertiary/aromatic N) is 1. The molecule has 0 heterocycles. The number of ether oxygens (including phenoxy) is 1. The molecule has 0 aliphatic carbocycles. The lowest BCUT2D eigenvalue weighted by Crippen LogP contribution is -2.25. The van der Waals surface area contributed by atoms with Crippen molar-refractivity contribution in [1.82, 2.24) is 5.43 Å². The molecule has 5 nitrogen and oxygen atoms in total. The highest BCUT2D eigenvalue weighted by Gasteiger charge is 2.10. The monoisotopic (exact) mass is 657 g/mol. The van der Waals surface area contributed by atoms with Crippen LogP contribution in [0.3, 0.4) is 0 Å². The van der Waals surface area contributed by atoms with Crippen LogP contribution >= 0.6 is 45.2 Å². The van der Waals surface area contributed by atoms with Crippen molar-refractivity contribution in [1.29, 1.82) is 0 Å². The van der Waals surface area contributed by atoms with Gasteiger partial charge in [-0.25, -0.2) is 9.82 Å². The van der Waals surface area contributed by atoms with E-state index >= 15 is 0 Å². The van der Waals surface area contributed by atoms with Crippen molar-refractivity contribution >= 4 is 63.0 Å². The number of rotatable bonds is 8. The van der Waals surface area contributed by atoms with Gasteiger partial charge in [0.05, 0.1) is 19.9 Å². The Bertz CT molecular complexity index is 1130.